The second kappa shape index (κ2) is 5.34. The zero-order valence-electron chi connectivity index (χ0n) is 10.7. The molecule has 0 radical (unpaired) electrons. The number of hydrogen-bond donors (Lipinski definition) is 2. The van der Waals surface area contributed by atoms with Crippen LogP contribution in [0.25, 0.3) is 0 Å². The van der Waals surface area contributed by atoms with E-state index in [2.05, 4.69) is 29.1 Å². The van der Waals surface area contributed by atoms with Crippen LogP contribution in [-0.2, 0) is 0 Å². The summed E-state index contributed by atoms with van der Waals surface area (Å²) in [6.07, 6.45) is 6.86. The molecule has 1 fully saturated rings. The van der Waals surface area contributed by atoms with E-state index in [4.69, 9.17) is 5.73 Å². The van der Waals surface area contributed by atoms with Gasteiger partial charge in [0.2, 0.25) is 5.95 Å². The highest BCUT2D eigenvalue weighted by Crippen LogP contribution is 2.31. The molecule has 0 bridgehead atoms. The maximum Gasteiger partial charge on any atom is 0.224 e. The van der Waals surface area contributed by atoms with Gasteiger partial charge in [0.1, 0.15) is 5.82 Å². The molecule has 1 heterocycles. The highest BCUT2D eigenvalue weighted by atomic mass is 15.1. The van der Waals surface area contributed by atoms with Crippen LogP contribution in [0.5, 0.6) is 0 Å². The smallest absolute Gasteiger partial charge is 0.224 e. The molecule has 1 aliphatic carbocycles. The zero-order valence-corrected chi connectivity index (χ0v) is 10.7. The van der Waals surface area contributed by atoms with E-state index in [1.54, 1.807) is 12.3 Å². The van der Waals surface area contributed by atoms with Crippen LogP contribution in [0.1, 0.15) is 39.5 Å². The summed E-state index contributed by atoms with van der Waals surface area (Å²) in [5.41, 5.74) is 5.67. The summed E-state index contributed by atoms with van der Waals surface area (Å²) in [5.74, 6) is 2.62. The lowest BCUT2D eigenvalue weighted by Gasteiger charge is -2.34. The first-order chi connectivity index (χ1) is 8.16. The summed E-state index contributed by atoms with van der Waals surface area (Å²) < 4.78 is 0. The van der Waals surface area contributed by atoms with Gasteiger partial charge >= 0.3 is 0 Å². The highest BCUT2D eigenvalue weighted by molar-refractivity contribution is 5.35. The molecule has 4 heteroatoms. The average Bonchev–Trinajstić information content (AvgIpc) is 2.29. The fourth-order valence-electron chi connectivity index (χ4n) is 2.74. The minimum Gasteiger partial charge on any atom is -0.384 e. The predicted molar refractivity (Wildman–Crippen MR) is 70.7 cm³/mol. The van der Waals surface area contributed by atoms with E-state index in [1.165, 1.54) is 25.7 Å². The fourth-order valence-corrected chi connectivity index (χ4v) is 2.74. The number of nitrogens with zero attached hydrogens (tertiary/aromatic N) is 2. The summed E-state index contributed by atoms with van der Waals surface area (Å²) >= 11 is 0. The van der Waals surface area contributed by atoms with Gasteiger partial charge in [-0.15, -0.1) is 0 Å². The molecule has 2 unspecified atom stereocenters. The van der Waals surface area contributed by atoms with E-state index in [0.29, 0.717) is 29.6 Å². The van der Waals surface area contributed by atoms with Crippen LogP contribution >= 0.6 is 0 Å². The van der Waals surface area contributed by atoms with Crippen LogP contribution in [-0.4, -0.2) is 16.0 Å². The van der Waals surface area contributed by atoms with Crippen molar-refractivity contribution in [3.8, 4) is 0 Å². The van der Waals surface area contributed by atoms with Gasteiger partial charge in [0.05, 0.1) is 0 Å². The minimum absolute atomic E-state index is 0.491. The molecule has 0 aliphatic heterocycles. The monoisotopic (exact) mass is 234 g/mol. The Morgan fingerprint density at radius 1 is 1.35 bits per heavy atom. The SMILES string of the molecule is CC(C)C1CCCCC1Nc1nccc(N)n1. The first kappa shape index (κ1) is 12.1. The molecule has 0 aromatic carbocycles. The van der Waals surface area contributed by atoms with E-state index in [9.17, 15) is 0 Å². The topological polar surface area (TPSA) is 63.8 Å². The summed E-state index contributed by atoms with van der Waals surface area (Å²) in [6, 6.07) is 2.21. The number of rotatable bonds is 3. The van der Waals surface area contributed by atoms with Crippen LogP contribution in [0.3, 0.4) is 0 Å². The molecule has 0 saturated heterocycles. The normalized spacial score (nSPS) is 24.9. The van der Waals surface area contributed by atoms with Crippen LogP contribution in [0.2, 0.25) is 0 Å². The molecule has 17 heavy (non-hydrogen) atoms. The van der Waals surface area contributed by atoms with Crippen molar-refractivity contribution in [3.63, 3.8) is 0 Å². The van der Waals surface area contributed by atoms with Crippen molar-refractivity contribution in [1.29, 1.82) is 0 Å². The Hall–Kier alpha value is -1.32. The van der Waals surface area contributed by atoms with Crippen molar-refractivity contribution >= 4 is 11.8 Å². The molecule has 1 aromatic heterocycles. The molecule has 2 rings (SSSR count). The third-order valence-corrected chi connectivity index (χ3v) is 3.67. The Balaban J connectivity index is 2.05. The number of aromatic nitrogens is 2. The number of nitrogen functional groups attached to an aromatic ring is 1. The number of nitrogens with one attached hydrogen (secondary N) is 1. The van der Waals surface area contributed by atoms with Crippen LogP contribution in [0.15, 0.2) is 12.3 Å². The van der Waals surface area contributed by atoms with Gasteiger partial charge in [-0.3, -0.25) is 0 Å². The lowest BCUT2D eigenvalue weighted by atomic mass is 9.78. The third kappa shape index (κ3) is 3.08. The van der Waals surface area contributed by atoms with E-state index in [-0.39, 0.29) is 0 Å². The van der Waals surface area contributed by atoms with E-state index in [0.717, 1.165) is 0 Å². The van der Waals surface area contributed by atoms with Gasteiger partial charge < -0.3 is 11.1 Å². The van der Waals surface area contributed by atoms with Gasteiger partial charge in [0.15, 0.2) is 0 Å². The van der Waals surface area contributed by atoms with Crippen molar-refractivity contribution in [2.45, 2.75) is 45.6 Å². The lowest BCUT2D eigenvalue weighted by molar-refractivity contribution is 0.253. The molecule has 1 aromatic rings. The molecule has 3 N–H and O–H groups in total. The summed E-state index contributed by atoms with van der Waals surface area (Å²) in [5, 5.41) is 3.45. The van der Waals surface area contributed by atoms with Crippen molar-refractivity contribution in [1.82, 2.24) is 9.97 Å². The van der Waals surface area contributed by atoms with Gasteiger partial charge in [-0.1, -0.05) is 26.7 Å². The summed E-state index contributed by atoms with van der Waals surface area (Å²) in [6.45, 7) is 4.59. The average molecular weight is 234 g/mol. The van der Waals surface area contributed by atoms with E-state index >= 15 is 0 Å². The minimum atomic E-state index is 0.491. The molecule has 2 atom stereocenters. The molecule has 4 nitrogen and oxygen atoms in total. The molecule has 1 saturated carbocycles. The van der Waals surface area contributed by atoms with E-state index < -0.39 is 0 Å². The maximum absolute atomic E-state index is 5.67. The van der Waals surface area contributed by atoms with Crippen LogP contribution < -0.4 is 11.1 Å². The van der Waals surface area contributed by atoms with Gasteiger partial charge in [-0.25, -0.2) is 4.98 Å². The van der Waals surface area contributed by atoms with Gasteiger partial charge in [-0.05, 0) is 30.7 Å². The standard InChI is InChI=1S/C13H22N4/c1-9(2)10-5-3-4-6-11(10)16-13-15-8-7-12(14)17-13/h7-11H,3-6H2,1-2H3,(H3,14,15,16,17). The highest BCUT2D eigenvalue weighted by Gasteiger charge is 2.27. The Labute approximate surface area is 103 Å². The van der Waals surface area contributed by atoms with Crippen molar-refractivity contribution in [2.24, 2.45) is 11.8 Å². The van der Waals surface area contributed by atoms with Gasteiger partial charge in [0, 0.05) is 12.2 Å². The number of nitrogens with two attached hydrogens (primary N) is 1. The molecule has 0 spiro atoms. The van der Waals surface area contributed by atoms with E-state index in [1.807, 2.05) is 0 Å². The summed E-state index contributed by atoms with van der Waals surface area (Å²) in [4.78, 5) is 8.44. The molecule has 0 amide bonds. The Morgan fingerprint density at radius 2 is 2.12 bits per heavy atom. The van der Waals surface area contributed by atoms with Gasteiger partial charge in [-0.2, -0.15) is 4.98 Å². The first-order valence-electron chi connectivity index (χ1n) is 6.52. The van der Waals surface area contributed by atoms with Crippen molar-refractivity contribution in [2.75, 3.05) is 11.1 Å². The molecular formula is C13H22N4. The third-order valence-electron chi connectivity index (χ3n) is 3.67. The Kier molecular flexibility index (Phi) is 3.82. The quantitative estimate of drug-likeness (QED) is 0.844. The fraction of sp³-hybridized carbons (Fsp3) is 0.692. The largest absolute Gasteiger partial charge is 0.384 e. The van der Waals surface area contributed by atoms with Crippen LogP contribution in [0.4, 0.5) is 11.8 Å². The summed E-state index contributed by atoms with van der Waals surface area (Å²) in [7, 11) is 0. The lowest BCUT2D eigenvalue weighted by Crippen LogP contribution is -2.35. The van der Waals surface area contributed by atoms with Crippen LogP contribution in [0, 0.1) is 11.8 Å². The predicted octanol–water partition coefficient (Wildman–Crippen LogP) is 2.69. The molecular weight excluding hydrogens is 212 g/mol. The second-order valence-corrected chi connectivity index (χ2v) is 5.25. The second-order valence-electron chi connectivity index (χ2n) is 5.25. The van der Waals surface area contributed by atoms with Crippen molar-refractivity contribution < 1.29 is 0 Å². The van der Waals surface area contributed by atoms with Gasteiger partial charge in [0.25, 0.3) is 0 Å². The Morgan fingerprint density at radius 3 is 2.82 bits per heavy atom. The maximum atomic E-state index is 5.67. The van der Waals surface area contributed by atoms with Crippen molar-refractivity contribution in [3.05, 3.63) is 12.3 Å². The molecule has 1 aliphatic rings. The zero-order chi connectivity index (χ0) is 12.3. The number of hydrogen-bond acceptors (Lipinski definition) is 4. The molecule has 94 valence electrons. The number of anilines is 2. The Bertz CT molecular complexity index is 364. The first-order valence-corrected chi connectivity index (χ1v) is 6.52.